The molecule has 0 radical (unpaired) electrons. The molecule has 0 N–H and O–H groups in total. The molecule has 1 aromatic rings. The molecule has 2 nitrogen and oxygen atoms in total. The first-order valence-corrected chi connectivity index (χ1v) is 5.13. The molecule has 0 atom stereocenters. The summed E-state index contributed by atoms with van der Waals surface area (Å²) in [5, 5.41) is 0. The van der Waals surface area contributed by atoms with Gasteiger partial charge in [-0.3, -0.25) is 4.79 Å². The van der Waals surface area contributed by atoms with Gasteiger partial charge in [0.25, 0.3) is 0 Å². The summed E-state index contributed by atoms with van der Waals surface area (Å²) in [7, 11) is 0. The molecule has 0 fully saturated rings. The summed E-state index contributed by atoms with van der Waals surface area (Å²) in [6.45, 7) is 0.503. The van der Waals surface area contributed by atoms with Gasteiger partial charge in [0, 0.05) is 6.42 Å². The molecule has 4 heteroatoms. The van der Waals surface area contributed by atoms with Gasteiger partial charge in [0.05, 0.1) is 16.6 Å². The summed E-state index contributed by atoms with van der Waals surface area (Å²) < 4.78 is 18.9. The van der Waals surface area contributed by atoms with Crippen molar-refractivity contribution >= 4 is 21.7 Å². The lowest BCUT2D eigenvalue weighted by molar-refractivity contribution is 0.0982. The van der Waals surface area contributed by atoms with Gasteiger partial charge in [-0.1, -0.05) is 0 Å². The maximum absolute atomic E-state index is 13.0. The maximum Gasteiger partial charge on any atom is 0.166 e. The van der Waals surface area contributed by atoms with Crippen LogP contribution in [0.5, 0.6) is 5.75 Å². The Kier molecular flexibility index (Phi) is 2.54. The zero-order valence-electron chi connectivity index (χ0n) is 7.35. The van der Waals surface area contributed by atoms with E-state index in [9.17, 15) is 9.18 Å². The third-order valence-corrected chi connectivity index (χ3v) is 2.69. The van der Waals surface area contributed by atoms with Crippen LogP contribution in [0, 0.1) is 5.82 Å². The Labute approximate surface area is 89.2 Å². The Hall–Kier alpha value is -0.900. The second-order valence-corrected chi connectivity index (χ2v) is 3.99. The number of carbonyl (C=O) groups is 1. The third kappa shape index (κ3) is 1.66. The highest BCUT2D eigenvalue weighted by atomic mass is 79.9. The number of ether oxygens (including phenoxy) is 1. The molecule has 14 heavy (non-hydrogen) atoms. The van der Waals surface area contributed by atoms with Crippen molar-refractivity contribution in [3.8, 4) is 5.75 Å². The van der Waals surface area contributed by atoms with Crippen molar-refractivity contribution in [2.45, 2.75) is 12.8 Å². The maximum atomic E-state index is 13.0. The van der Waals surface area contributed by atoms with Gasteiger partial charge in [0.2, 0.25) is 0 Å². The summed E-state index contributed by atoms with van der Waals surface area (Å²) in [5.41, 5.74) is 0.342. The predicted octanol–water partition coefficient (Wildman–Crippen LogP) is 2.94. The molecular formula is C10H8BrFO2. The Morgan fingerprint density at radius 3 is 3.00 bits per heavy atom. The first-order valence-electron chi connectivity index (χ1n) is 4.33. The molecule has 1 aromatic carbocycles. The number of fused-ring (bicyclic) bond motifs is 1. The number of ketones is 1. The largest absolute Gasteiger partial charge is 0.492 e. The third-order valence-electron chi connectivity index (χ3n) is 2.10. The molecule has 1 aliphatic rings. The van der Waals surface area contributed by atoms with E-state index in [4.69, 9.17) is 4.74 Å². The van der Waals surface area contributed by atoms with E-state index in [-0.39, 0.29) is 5.78 Å². The van der Waals surface area contributed by atoms with Gasteiger partial charge in [-0.25, -0.2) is 4.39 Å². The fourth-order valence-corrected chi connectivity index (χ4v) is 2.00. The van der Waals surface area contributed by atoms with Crippen molar-refractivity contribution in [2.24, 2.45) is 0 Å². The molecular weight excluding hydrogens is 251 g/mol. The van der Waals surface area contributed by atoms with E-state index in [0.717, 1.165) is 0 Å². The molecule has 1 aliphatic heterocycles. The van der Waals surface area contributed by atoms with Crippen LogP contribution in [-0.4, -0.2) is 12.4 Å². The van der Waals surface area contributed by atoms with Gasteiger partial charge in [-0.2, -0.15) is 0 Å². The summed E-state index contributed by atoms with van der Waals surface area (Å²) in [6, 6.07) is 2.53. The first-order chi connectivity index (χ1) is 6.68. The highest BCUT2D eigenvalue weighted by Gasteiger charge is 2.20. The van der Waals surface area contributed by atoms with Gasteiger partial charge in [-0.05, 0) is 34.5 Å². The van der Waals surface area contributed by atoms with Gasteiger partial charge in [0.15, 0.2) is 5.78 Å². The lowest BCUT2D eigenvalue weighted by Gasteiger charge is -2.08. The molecule has 0 unspecified atom stereocenters. The van der Waals surface area contributed by atoms with E-state index >= 15 is 0 Å². The van der Waals surface area contributed by atoms with Gasteiger partial charge in [-0.15, -0.1) is 0 Å². The van der Waals surface area contributed by atoms with Gasteiger partial charge < -0.3 is 4.74 Å². The average Bonchev–Trinajstić information content (AvgIpc) is 2.29. The van der Waals surface area contributed by atoms with Crippen molar-refractivity contribution in [1.82, 2.24) is 0 Å². The molecule has 0 aliphatic carbocycles. The first kappa shape index (κ1) is 9.65. The summed E-state index contributed by atoms with van der Waals surface area (Å²) in [4.78, 5) is 11.5. The van der Waals surface area contributed by atoms with E-state index in [0.29, 0.717) is 35.2 Å². The molecule has 0 bridgehead atoms. The second-order valence-electron chi connectivity index (χ2n) is 3.14. The fourth-order valence-electron chi connectivity index (χ4n) is 1.46. The van der Waals surface area contributed by atoms with E-state index < -0.39 is 5.82 Å². The fraction of sp³-hybridized carbons (Fsp3) is 0.300. The van der Waals surface area contributed by atoms with E-state index in [1.807, 2.05) is 0 Å². The number of hydrogen-bond acceptors (Lipinski definition) is 2. The summed E-state index contributed by atoms with van der Waals surface area (Å²) in [5.74, 6) is -0.0129. The minimum atomic E-state index is -0.422. The number of benzene rings is 1. The molecule has 0 saturated carbocycles. The molecule has 2 rings (SSSR count). The number of Topliss-reactive ketones (excluding diaryl/α,β-unsaturated/α-hetero) is 1. The van der Waals surface area contributed by atoms with E-state index in [1.165, 1.54) is 12.1 Å². The van der Waals surface area contributed by atoms with Crippen molar-refractivity contribution in [3.63, 3.8) is 0 Å². The molecule has 1 heterocycles. The van der Waals surface area contributed by atoms with Gasteiger partial charge >= 0.3 is 0 Å². The average molecular weight is 259 g/mol. The van der Waals surface area contributed by atoms with Crippen LogP contribution >= 0.6 is 15.9 Å². The quantitative estimate of drug-likeness (QED) is 0.716. The highest BCUT2D eigenvalue weighted by Crippen LogP contribution is 2.33. The van der Waals surface area contributed by atoms with Gasteiger partial charge in [0.1, 0.15) is 11.6 Å². The second kappa shape index (κ2) is 3.69. The SMILES string of the molecule is O=C1CCCOc2c(Br)cc(F)cc21. The van der Waals surface area contributed by atoms with Crippen LogP contribution in [0.1, 0.15) is 23.2 Å². The van der Waals surface area contributed by atoms with Crippen LogP contribution in [0.25, 0.3) is 0 Å². The number of halogens is 2. The highest BCUT2D eigenvalue weighted by molar-refractivity contribution is 9.10. The van der Waals surface area contributed by atoms with E-state index in [2.05, 4.69) is 15.9 Å². The number of carbonyl (C=O) groups excluding carboxylic acids is 1. The minimum absolute atomic E-state index is 0.0577. The lowest BCUT2D eigenvalue weighted by Crippen LogP contribution is -1.99. The van der Waals surface area contributed by atoms with Crippen molar-refractivity contribution in [2.75, 3.05) is 6.61 Å². The van der Waals surface area contributed by atoms with Crippen molar-refractivity contribution in [1.29, 1.82) is 0 Å². The molecule has 0 aromatic heterocycles. The van der Waals surface area contributed by atoms with E-state index in [1.54, 1.807) is 0 Å². The topological polar surface area (TPSA) is 26.3 Å². The minimum Gasteiger partial charge on any atom is -0.492 e. The predicted molar refractivity (Wildman–Crippen MR) is 53.2 cm³/mol. The summed E-state index contributed by atoms with van der Waals surface area (Å²) in [6.07, 6.45) is 1.10. The van der Waals surface area contributed by atoms with Crippen LogP contribution in [0.2, 0.25) is 0 Å². The monoisotopic (exact) mass is 258 g/mol. The number of rotatable bonds is 0. The van der Waals surface area contributed by atoms with Crippen LogP contribution in [-0.2, 0) is 0 Å². The van der Waals surface area contributed by atoms with Crippen LogP contribution in [0.4, 0.5) is 4.39 Å². The van der Waals surface area contributed by atoms with Crippen molar-refractivity contribution in [3.05, 3.63) is 28.0 Å². The zero-order valence-corrected chi connectivity index (χ0v) is 8.93. The smallest absolute Gasteiger partial charge is 0.166 e. The zero-order chi connectivity index (χ0) is 10.1. The van der Waals surface area contributed by atoms with Crippen LogP contribution in [0.15, 0.2) is 16.6 Å². The summed E-state index contributed by atoms with van der Waals surface area (Å²) >= 11 is 3.18. The number of hydrogen-bond donors (Lipinski definition) is 0. The van der Waals surface area contributed by atoms with Crippen LogP contribution in [0.3, 0.4) is 0 Å². The Morgan fingerprint density at radius 2 is 2.21 bits per heavy atom. The lowest BCUT2D eigenvalue weighted by atomic mass is 10.1. The molecule has 0 amide bonds. The Balaban J connectivity index is 2.58. The molecule has 0 spiro atoms. The van der Waals surface area contributed by atoms with Crippen molar-refractivity contribution < 1.29 is 13.9 Å². The normalized spacial score (nSPS) is 15.7. The Morgan fingerprint density at radius 1 is 1.43 bits per heavy atom. The molecule has 74 valence electrons. The standard InChI is InChI=1S/C10H8BrFO2/c11-8-5-6(12)4-7-9(13)2-1-3-14-10(7)8/h4-5H,1-3H2. The van der Waals surface area contributed by atoms with Crippen LogP contribution < -0.4 is 4.74 Å². The molecule has 0 saturated heterocycles. The Bertz CT molecular complexity index is 390.